The van der Waals surface area contributed by atoms with Gasteiger partial charge in [-0.05, 0) is 12.5 Å². The molecule has 0 saturated carbocycles. The van der Waals surface area contributed by atoms with Gasteiger partial charge in [-0.15, -0.1) is 0 Å². The van der Waals surface area contributed by atoms with E-state index >= 15 is 0 Å². The number of aliphatic carboxylic acids is 1. The van der Waals surface area contributed by atoms with Crippen molar-refractivity contribution in [2.45, 2.75) is 44.8 Å². The first-order chi connectivity index (χ1) is 9.86. The van der Waals surface area contributed by atoms with Crippen molar-refractivity contribution >= 4 is 11.8 Å². The third kappa shape index (κ3) is 4.84. The Morgan fingerprint density at radius 3 is 2.43 bits per heavy atom. The summed E-state index contributed by atoms with van der Waals surface area (Å²) in [7, 11) is 0. The molecule has 0 heterocycles. The Labute approximate surface area is 122 Å². The minimum Gasteiger partial charge on any atom is -0.508 e. The second kappa shape index (κ2) is 7.75. The van der Waals surface area contributed by atoms with Crippen LogP contribution in [0.2, 0.25) is 0 Å². The largest absolute Gasteiger partial charge is 0.508 e. The molecule has 116 valence electrons. The van der Waals surface area contributed by atoms with E-state index in [2.05, 4.69) is 0 Å². The van der Waals surface area contributed by atoms with Gasteiger partial charge in [0.25, 0.3) is 0 Å². The summed E-state index contributed by atoms with van der Waals surface area (Å²) in [5.41, 5.74) is 0.243. The first-order valence-electron chi connectivity index (χ1n) is 6.79. The van der Waals surface area contributed by atoms with Gasteiger partial charge in [-0.2, -0.15) is 0 Å². The summed E-state index contributed by atoms with van der Waals surface area (Å²) in [5, 5.41) is 38.0. The number of aliphatic hydroxyl groups excluding tert-OH is 2. The van der Waals surface area contributed by atoms with Gasteiger partial charge in [-0.3, -0.25) is 9.59 Å². The zero-order chi connectivity index (χ0) is 16.0. The summed E-state index contributed by atoms with van der Waals surface area (Å²) < 4.78 is 0. The molecule has 0 spiro atoms. The quantitative estimate of drug-likeness (QED) is 0.542. The van der Waals surface area contributed by atoms with Crippen LogP contribution in [0.15, 0.2) is 18.2 Å². The van der Waals surface area contributed by atoms with E-state index < -0.39 is 30.4 Å². The van der Waals surface area contributed by atoms with Gasteiger partial charge in [0.15, 0.2) is 5.78 Å². The lowest BCUT2D eigenvalue weighted by molar-refractivity contribution is -0.139. The van der Waals surface area contributed by atoms with Crippen LogP contribution in [0.4, 0.5) is 0 Å². The molecule has 0 bridgehead atoms. The second-order valence-corrected chi connectivity index (χ2v) is 4.92. The van der Waals surface area contributed by atoms with Crippen molar-refractivity contribution in [1.29, 1.82) is 0 Å². The molecule has 1 rings (SSSR count). The maximum absolute atomic E-state index is 12.1. The van der Waals surface area contributed by atoms with Gasteiger partial charge in [-0.1, -0.05) is 25.5 Å². The SMILES string of the molecule is CCCC(O)c1c(O)cccc1C(=O)CC(O)CC(=O)O. The molecule has 1 aromatic rings. The number of Topliss-reactive ketones (excluding diaryl/α,β-unsaturated/α-hetero) is 1. The van der Waals surface area contributed by atoms with Crippen molar-refractivity contribution in [3.63, 3.8) is 0 Å². The summed E-state index contributed by atoms with van der Waals surface area (Å²) in [5.74, 6) is -1.89. The van der Waals surface area contributed by atoms with Crippen LogP contribution in [-0.4, -0.2) is 38.3 Å². The number of hydrogen-bond donors (Lipinski definition) is 4. The van der Waals surface area contributed by atoms with E-state index in [9.17, 15) is 24.9 Å². The number of ketones is 1. The number of aromatic hydroxyl groups is 1. The molecule has 21 heavy (non-hydrogen) atoms. The third-order valence-electron chi connectivity index (χ3n) is 3.11. The highest BCUT2D eigenvalue weighted by Crippen LogP contribution is 2.31. The molecule has 2 unspecified atom stereocenters. The fraction of sp³-hybridized carbons (Fsp3) is 0.467. The molecule has 0 fully saturated rings. The summed E-state index contributed by atoms with van der Waals surface area (Å²) in [6, 6.07) is 4.29. The highest BCUT2D eigenvalue weighted by molar-refractivity contribution is 5.98. The van der Waals surface area contributed by atoms with E-state index in [1.807, 2.05) is 6.92 Å². The molecule has 0 aromatic heterocycles. The Morgan fingerprint density at radius 1 is 1.19 bits per heavy atom. The molecule has 1 aromatic carbocycles. The van der Waals surface area contributed by atoms with Crippen molar-refractivity contribution in [3.8, 4) is 5.75 Å². The molecule has 0 saturated heterocycles. The summed E-state index contributed by atoms with van der Waals surface area (Å²) in [6.45, 7) is 1.86. The fourth-order valence-corrected chi connectivity index (χ4v) is 2.16. The zero-order valence-electron chi connectivity index (χ0n) is 11.8. The Morgan fingerprint density at radius 2 is 1.86 bits per heavy atom. The van der Waals surface area contributed by atoms with Crippen LogP contribution in [0.25, 0.3) is 0 Å². The van der Waals surface area contributed by atoms with Crippen LogP contribution in [0, 0.1) is 0 Å². The smallest absolute Gasteiger partial charge is 0.305 e. The van der Waals surface area contributed by atoms with Crippen LogP contribution in [0.5, 0.6) is 5.75 Å². The lowest BCUT2D eigenvalue weighted by atomic mass is 9.93. The number of benzene rings is 1. The molecule has 0 aliphatic carbocycles. The normalized spacial score (nSPS) is 13.7. The number of carboxylic acids is 1. The molecule has 2 atom stereocenters. The summed E-state index contributed by atoms with van der Waals surface area (Å²) in [6.07, 6.45) is -2.13. The summed E-state index contributed by atoms with van der Waals surface area (Å²) >= 11 is 0. The number of carbonyl (C=O) groups is 2. The number of phenols is 1. The monoisotopic (exact) mass is 296 g/mol. The van der Waals surface area contributed by atoms with Gasteiger partial charge >= 0.3 is 5.97 Å². The highest BCUT2D eigenvalue weighted by Gasteiger charge is 2.23. The highest BCUT2D eigenvalue weighted by atomic mass is 16.4. The fourth-order valence-electron chi connectivity index (χ4n) is 2.16. The Kier molecular flexibility index (Phi) is 6.33. The molecule has 4 N–H and O–H groups in total. The van der Waals surface area contributed by atoms with E-state index in [0.717, 1.165) is 0 Å². The number of carbonyl (C=O) groups excluding carboxylic acids is 1. The number of rotatable bonds is 8. The van der Waals surface area contributed by atoms with Gasteiger partial charge in [0, 0.05) is 17.5 Å². The first-order valence-corrected chi connectivity index (χ1v) is 6.79. The topological polar surface area (TPSA) is 115 Å². The van der Waals surface area contributed by atoms with Crippen LogP contribution in [-0.2, 0) is 4.79 Å². The van der Waals surface area contributed by atoms with Gasteiger partial charge < -0.3 is 20.4 Å². The lowest BCUT2D eigenvalue weighted by Gasteiger charge is -2.16. The van der Waals surface area contributed by atoms with E-state index in [4.69, 9.17) is 5.11 Å². The lowest BCUT2D eigenvalue weighted by Crippen LogP contribution is -2.19. The Bertz CT molecular complexity index is 511. The van der Waals surface area contributed by atoms with E-state index in [1.165, 1.54) is 18.2 Å². The number of phenolic OH excluding ortho intramolecular Hbond substituents is 1. The van der Waals surface area contributed by atoms with Crippen LogP contribution < -0.4 is 0 Å². The molecular weight excluding hydrogens is 276 g/mol. The molecule has 0 aliphatic heterocycles. The number of aliphatic hydroxyl groups is 2. The van der Waals surface area contributed by atoms with E-state index in [0.29, 0.717) is 12.8 Å². The van der Waals surface area contributed by atoms with Crippen molar-refractivity contribution < 1.29 is 30.0 Å². The maximum atomic E-state index is 12.1. The molecule has 0 radical (unpaired) electrons. The van der Waals surface area contributed by atoms with Crippen molar-refractivity contribution in [2.75, 3.05) is 0 Å². The molecule has 6 heteroatoms. The van der Waals surface area contributed by atoms with Crippen LogP contribution in [0.1, 0.15) is 54.6 Å². The first kappa shape index (κ1) is 17.1. The standard InChI is InChI=1S/C15H20O6/c1-2-4-11(17)15-10(5-3-6-12(15)18)13(19)7-9(16)8-14(20)21/h3,5-6,9,11,16-18H,2,4,7-8H2,1H3,(H,20,21). The van der Waals surface area contributed by atoms with E-state index in [-0.39, 0.29) is 23.3 Å². The van der Waals surface area contributed by atoms with Crippen molar-refractivity contribution in [2.24, 2.45) is 0 Å². The van der Waals surface area contributed by atoms with Crippen molar-refractivity contribution in [3.05, 3.63) is 29.3 Å². The minimum atomic E-state index is -1.30. The Hall–Kier alpha value is -1.92. The summed E-state index contributed by atoms with van der Waals surface area (Å²) in [4.78, 5) is 22.6. The minimum absolute atomic E-state index is 0.111. The molecule has 0 amide bonds. The average molecular weight is 296 g/mol. The molecule has 6 nitrogen and oxygen atoms in total. The van der Waals surface area contributed by atoms with E-state index in [1.54, 1.807) is 0 Å². The Balaban J connectivity index is 2.98. The number of carboxylic acid groups (broad SMARTS) is 1. The zero-order valence-corrected chi connectivity index (χ0v) is 11.8. The molecule has 0 aliphatic rings. The van der Waals surface area contributed by atoms with Crippen LogP contribution in [0.3, 0.4) is 0 Å². The van der Waals surface area contributed by atoms with Gasteiger partial charge in [0.2, 0.25) is 0 Å². The predicted molar refractivity (Wildman–Crippen MR) is 75.2 cm³/mol. The predicted octanol–water partition coefficient (Wildman–Crippen LogP) is 1.63. The average Bonchev–Trinajstić information content (AvgIpc) is 2.37. The molecular formula is C15H20O6. The van der Waals surface area contributed by atoms with Gasteiger partial charge in [0.05, 0.1) is 18.6 Å². The third-order valence-corrected chi connectivity index (χ3v) is 3.11. The van der Waals surface area contributed by atoms with Gasteiger partial charge in [-0.25, -0.2) is 0 Å². The second-order valence-electron chi connectivity index (χ2n) is 4.92. The van der Waals surface area contributed by atoms with Crippen LogP contribution >= 0.6 is 0 Å². The maximum Gasteiger partial charge on any atom is 0.305 e. The van der Waals surface area contributed by atoms with Crippen molar-refractivity contribution in [1.82, 2.24) is 0 Å². The van der Waals surface area contributed by atoms with Gasteiger partial charge in [0.1, 0.15) is 5.75 Å². The number of hydrogen-bond acceptors (Lipinski definition) is 5.